The third-order valence-electron chi connectivity index (χ3n) is 6.14. The summed E-state index contributed by atoms with van der Waals surface area (Å²) in [5.74, 6) is 1.85. The van der Waals surface area contributed by atoms with Gasteiger partial charge < -0.3 is 9.64 Å². The fraction of sp³-hybridized carbons (Fsp3) is 0.522. The highest BCUT2D eigenvalue weighted by atomic mass is 32.1. The van der Waals surface area contributed by atoms with Gasteiger partial charge in [0.05, 0.1) is 19.2 Å². The number of aryl methyl sites for hydroxylation is 1. The highest BCUT2D eigenvalue weighted by Gasteiger charge is 2.26. The Morgan fingerprint density at radius 2 is 1.97 bits per heavy atom. The molecule has 0 bridgehead atoms. The molecule has 0 radical (unpaired) electrons. The molecule has 2 aromatic rings. The molecule has 6 nitrogen and oxygen atoms in total. The number of anilines is 1. The van der Waals surface area contributed by atoms with E-state index in [4.69, 9.17) is 4.74 Å². The lowest BCUT2D eigenvalue weighted by Gasteiger charge is -2.32. The van der Waals surface area contributed by atoms with E-state index in [2.05, 4.69) is 17.1 Å². The minimum Gasteiger partial charge on any atom is -0.497 e. The highest BCUT2D eigenvalue weighted by molar-refractivity contribution is 7.14. The maximum Gasteiger partial charge on any atom is 0.228 e. The number of likely N-dealkylation sites (tertiary alicyclic amines) is 1. The first-order valence-corrected chi connectivity index (χ1v) is 11.7. The van der Waals surface area contributed by atoms with Gasteiger partial charge in [0, 0.05) is 31.4 Å². The Morgan fingerprint density at radius 3 is 2.63 bits per heavy atom. The molecule has 7 heteroatoms. The van der Waals surface area contributed by atoms with E-state index in [9.17, 15) is 9.59 Å². The van der Waals surface area contributed by atoms with E-state index in [1.54, 1.807) is 12.0 Å². The molecule has 0 saturated carbocycles. The van der Waals surface area contributed by atoms with Crippen molar-refractivity contribution in [3.63, 3.8) is 0 Å². The third-order valence-corrected chi connectivity index (χ3v) is 7.06. The van der Waals surface area contributed by atoms with Gasteiger partial charge in [-0.25, -0.2) is 4.98 Å². The van der Waals surface area contributed by atoms with Crippen LogP contribution in [0.2, 0.25) is 0 Å². The number of hydrogen-bond acceptors (Lipinski definition) is 5. The lowest BCUT2D eigenvalue weighted by molar-refractivity contribution is -0.131. The van der Waals surface area contributed by atoms with Crippen LogP contribution in [0.25, 0.3) is 0 Å². The zero-order valence-electron chi connectivity index (χ0n) is 17.5. The second kappa shape index (κ2) is 9.60. The molecule has 2 aliphatic rings. The summed E-state index contributed by atoms with van der Waals surface area (Å²) in [6.07, 6.45) is 6.17. The molecule has 2 amide bonds. The van der Waals surface area contributed by atoms with Crippen molar-refractivity contribution < 1.29 is 14.3 Å². The summed E-state index contributed by atoms with van der Waals surface area (Å²) in [4.78, 5) is 32.8. The average Bonchev–Trinajstić information content (AvgIpc) is 3.41. The van der Waals surface area contributed by atoms with Crippen LogP contribution in [-0.2, 0) is 22.4 Å². The lowest BCUT2D eigenvalue weighted by Crippen LogP contribution is -2.39. The monoisotopic (exact) mass is 427 g/mol. The van der Waals surface area contributed by atoms with Crippen LogP contribution < -0.4 is 9.64 Å². The summed E-state index contributed by atoms with van der Waals surface area (Å²) >= 11 is 1.46. The molecule has 30 heavy (non-hydrogen) atoms. The smallest absolute Gasteiger partial charge is 0.228 e. The SMILES string of the molecule is COc1ccc(CCC2CCN(C(=O)Cc3csc(N4CCCC4=O)n3)CC2)cc1. The van der Waals surface area contributed by atoms with Crippen LogP contribution in [0, 0.1) is 5.92 Å². The van der Waals surface area contributed by atoms with Gasteiger partial charge in [0.2, 0.25) is 11.8 Å². The largest absolute Gasteiger partial charge is 0.497 e. The van der Waals surface area contributed by atoms with Crippen molar-refractivity contribution in [1.29, 1.82) is 0 Å². The summed E-state index contributed by atoms with van der Waals surface area (Å²) in [6.45, 7) is 2.39. The quantitative estimate of drug-likeness (QED) is 0.676. The van der Waals surface area contributed by atoms with Crippen molar-refractivity contribution in [1.82, 2.24) is 9.88 Å². The Hall–Kier alpha value is -2.41. The topological polar surface area (TPSA) is 62.7 Å². The molecule has 2 saturated heterocycles. The summed E-state index contributed by atoms with van der Waals surface area (Å²) in [6, 6.07) is 8.30. The molecule has 160 valence electrons. The number of piperidine rings is 1. The highest BCUT2D eigenvalue weighted by Crippen LogP contribution is 2.27. The number of carbonyl (C=O) groups is 2. The van der Waals surface area contributed by atoms with Gasteiger partial charge in [0.15, 0.2) is 5.13 Å². The van der Waals surface area contributed by atoms with E-state index in [0.29, 0.717) is 18.8 Å². The number of aromatic nitrogens is 1. The minimum absolute atomic E-state index is 0.138. The molecule has 1 aromatic heterocycles. The third kappa shape index (κ3) is 5.01. The second-order valence-electron chi connectivity index (χ2n) is 8.16. The zero-order valence-corrected chi connectivity index (χ0v) is 18.3. The standard InChI is InChI=1S/C23H29N3O3S/c1-29-20-8-6-17(7-9-20)4-5-18-10-13-25(14-11-18)22(28)15-19-16-30-23(24-19)26-12-2-3-21(26)27/h6-9,16,18H,2-5,10-15H2,1H3. The number of amides is 2. The van der Waals surface area contributed by atoms with Crippen molar-refractivity contribution in [3.8, 4) is 5.75 Å². The van der Waals surface area contributed by atoms with Crippen molar-refractivity contribution in [2.45, 2.75) is 44.9 Å². The van der Waals surface area contributed by atoms with Crippen molar-refractivity contribution >= 4 is 28.3 Å². The van der Waals surface area contributed by atoms with E-state index in [1.807, 2.05) is 22.4 Å². The van der Waals surface area contributed by atoms with Crippen LogP contribution in [0.15, 0.2) is 29.6 Å². The van der Waals surface area contributed by atoms with Gasteiger partial charge in [-0.1, -0.05) is 12.1 Å². The van der Waals surface area contributed by atoms with E-state index in [0.717, 1.165) is 68.3 Å². The lowest BCUT2D eigenvalue weighted by atomic mass is 9.90. The zero-order chi connectivity index (χ0) is 20.9. The molecule has 1 aromatic carbocycles. The van der Waals surface area contributed by atoms with Crippen LogP contribution >= 0.6 is 11.3 Å². The van der Waals surface area contributed by atoms with E-state index < -0.39 is 0 Å². The normalized spacial score (nSPS) is 17.6. The minimum atomic E-state index is 0.138. The Kier molecular flexibility index (Phi) is 6.67. The molecule has 3 heterocycles. The molecule has 2 aliphatic heterocycles. The fourth-order valence-corrected chi connectivity index (χ4v) is 5.12. The summed E-state index contributed by atoms with van der Waals surface area (Å²) < 4.78 is 5.21. The van der Waals surface area contributed by atoms with E-state index >= 15 is 0 Å². The van der Waals surface area contributed by atoms with Gasteiger partial charge in [-0.05, 0) is 55.7 Å². The van der Waals surface area contributed by atoms with Crippen molar-refractivity contribution in [3.05, 3.63) is 40.9 Å². The van der Waals surface area contributed by atoms with Gasteiger partial charge in [-0.3, -0.25) is 14.5 Å². The molecule has 2 fully saturated rings. The Morgan fingerprint density at radius 1 is 1.20 bits per heavy atom. The fourth-order valence-electron chi connectivity index (χ4n) is 4.25. The second-order valence-corrected chi connectivity index (χ2v) is 8.99. The van der Waals surface area contributed by atoms with Gasteiger partial charge in [0.25, 0.3) is 0 Å². The van der Waals surface area contributed by atoms with Gasteiger partial charge in [0.1, 0.15) is 5.75 Å². The van der Waals surface area contributed by atoms with Crippen LogP contribution in [0.4, 0.5) is 5.13 Å². The molecule has 0 atom stereocenters. The first-order valence-electron chi connectivity index (χ1n) is 10.8. The van der Waals surface area contributed by atoms with Crippen molar-refractivity contribution in [2.24, 2.45) is 5.92 Å². The number of ether oxygens (including phenoxy) is 1. The number of carbonyl (C=O) groups excluding carboxylic acids is 2. The predicted octanol–water partition coefficient (Wildman–Crippen LogP) is 3.69. The molecule has 0 N–H and O–H groups in total. The number of benzene rings is 1. The van der Waals surface area contributed by atoms with E-state index in [1.165, 1.54) is 16.9 Å². The first-order chi connectivity index (χ1) is 14.6. The average molecular weight is 428 g/mol. The molecular formula is C23H29N3O3S. The van der Waals surface area contributed by atoms with Crippen molar-refractivity contribution in [2.75, 3.05) is 31.6 Å². The molecule has 0 aliphatic carbocycles. The molecular weight excluding hydrogens is 398 g/mol. The van der Waals surface area contributed by atoms with Crippen LogP contribution in [0.3, 0.4) is 0 Å². The van der Waals surface area contributed by atoms with Crippen LogP contribution in [0.5, 0.6) is 5.75 Å². The Bertz CT molecular complexity index is 872. The Balaban J connectivity index is 1.21. The molecule has 4 rings (SSSR count). The molecule has 0 spiro atoms. The van der Waals surface area contributed by atoms with Crippen LogP contribution in [0.1, 0.15) is 43.4 Å². The van der Waals surface area contributed by atoms with Crippen LogP contribution in [-0.4, -0.2) is 48.4 Å². The summed E-state index contributed by atoms with van der Waals surface area (Å²) in [5, 5.41) is 2.65. The molecule has 0 unspecified atom stereocenters. The summed E-state index contributed by atoms with van der Waals surface area (Å²) in [7, 11) is 1.69. The maximum atomic E-state index is 12.7. The first kappa shape index (κ1) is 20.8. The predicted molar refractivity (Wildman–Crippen MR) is 118 cm³/mol. The number of hydrogen-bond donors (Lipinski definition) is 0. The van der Waals surface area contributed by atoms with Gasteiger partial charge >= 0.3 is 0 Å². The number of methoxy groups -OCH3 is 1. The maximum absolute atomic E-state index is 12.7. The Labute approximate surface area is 181 Å². The number of rotatable bonds is 7. The number of thiazole rings is 1. The van der Waals surface area contributed by atoms with E-state index in [-0.39, 0.29) is 11.8 Å². The number of nitrogens with zero attached hydrogens (tertiary/aromatic N) is 3. The van der Waals surface area contributed by atoms with Gasteiger partial charge in [-0.2, -0.15) is 0 Å². The van der Waals surface area contributed by atoms with Gasteiger partial charge in [-0.15, -0.1) is 11.3 Å². The summed E-state index contributed by atoms with van der Waals surface area (Å²) in [5.41, 5.74) is 2.12.